The van der Waals surface area contributed by atoms with Crippen molar-refractivity contribution in [1.29, 1.82) is 0 Å². The van der Waals surface area contributed by atoms with Crippen LogP contribution in [0.4, 0.5) is 4.79 Å². The van der Waals surface area contributed by atoms with Crippen molar-refractivity contribution in [2.45, 2.75) is 18.4 Å². The second-order valence-corrected chi connectivity index (χ2v) is 8.83. The number of carboxylic acids is 1. The average Bonchev–Trinajstić information content (AvgIpc) is 3.43. The molecule has 4 rings (SSSR count). The standard InChI is InChI=1S/C24H26N2O6S/c27-22(26-15-33-14-21(26)23(28)29)9-11-31-12-10-25-24(30)32-13-20-18-7-3-1-5-16(18)17-6-2-4-8-19(17)20/h1-8,20-21H,9-15H2,(H,25,30)(H,28,29)/t21-/m0/s1. The van der Waals surface area contributed by atoms with Gasteiger partial charge in [0.1, 0.15) is 12.6 Å². The van der Waals surface area contributed by atoms with Crippen LogP contribution >= 0.6 is 11.8 Å². The Bertz CT molecular complexity index is 984. The summed E-state index contributed by atoms with van der Waals surface area (Å²) in [6.07, 6.45) is -0.412. The van der Waals surface area contributed by atoms with Gasteiger partial charge in [-0.3, -0.25) is 4.79 Å². The first-order valence-corrected chi connectivity index (χ1v) is 12.0. The van der Waals surface area contributed by atoms with Crippen LogP contribution < -0.4 is 5.32 Å². The first-order valence-electron chi connectivity index (χ1n) is 10.8. The molecule has 8 nitrogen and oxygen atoms in total. The molecule has 1 saturated heterocycles. The van der Waals surface area contributed by atoms with Crippen LogP contribution in [0.5, 0.6) is 0 Å². The molecule has 1 aliphatic heterocycles. The van der Waals surface area contributed by atoms with Gasteiger partial charge in [0.05, 0.1) is 25.5 Å². The number of aliphatic carboxylic acids is 1. The molecule has 0 saturated carbocycles. The second kappa shape index (κ2) is 10.7. The van der Waals surface area contributed by atoms with E-state index in [1.807, 2.05) is 24.3 Å². The summed E-state index contributed by atoms with van der Waals surface area (Å²) >= 11 is 1.43. The number of carbonyl (C=O) groups excluding carboxylic acids is 2. The van der Waals surface area contributed by atoms with Gasteiger partial charge in [-0.05, 0) is 22.3 Å². The maximum atomic E-state index is 12.2. The summed E-state index contributed by atoms with van der Waals surface area (Å²) in [5.74, 6) is -0.423. The van der Waals surface area contributed by atoms with Crippen LogP contribution in [0.25, 0.3) is 11.1 Å². The van der Waals surface area contributed by atoms with E-state index in [4.69, 9.17) is 14.6 Å². The predicted molar refractivity (Wildman–Crippen MR) is 124 cm³/mol. The Hall–Kier alpha value is -3.04. The Morgan fingerprint density at radius 3 is 2.36 bits per heavy atom. The normalized spacial score (nSPS) is 16.8. The summed E-state index contributed by atoms with van der Waals surface area (Å²) in [7, 11) is 0. The van der Waals surface area contributed by atoms with Crippen LogP contribution in [-0.4, -0.2) is 72.0 Å². The number of fused-ring (bicyclic) bond motifs is 3. The Morgan fingerprint density at radius 1 is 1.03 bits per heavy atom. The van der Waals surface area contributed by atoms with E-state index in [0.717, 1.165) is 11.1 Å². The zero-order valence-electron chi connectivity index (χ0n) is 18.1. The fourth-order valence-electron chi connectivity index (χ4n) is 4.17. The van der Waals surface area contributed by atoms with Crippen molar-refractivity contribution in [3.63, 3.8) is 0 Å². The first kappa shape index (κ1) is 23.1. The highest BCUT2D eigenvalue weighted by atomic mass is 32.2. The SMILES string of the molecule is O=C(NCCOCCC(=O)N1CSC[C@H]1C(=O)O)OCC1c2ccccc2-c2ccccc21. The minimum Gasteiger partial charge on any atom is -0.480 e. The molecule has 0 radical (unpaired) electrons. The maximum Gasteiger partial charge on any atom is 0.407 e. The number of ether oxygens (including phenoxy) is 2. The molecular weight excluding hydrogens is 444 g/mol. The molecule has 0 unspecified atom stereocenters. The van der Waals surface area contributed by atoms with E-state index in [-0.39, 0.29) is 44.6 Å². The van der Waals surface area contributed by atoms with E-state index in [2.05, 4.69) is 29.6 Å². The van der Waals surface area contributed by atoms with Crippen molar-refractivity contribution < 1.29 is 29.0 Å². The summed E-state index contributed by atoms with van der Waals surface area (Å²) < 4.78 is 10.9. The molecule has 2 aromatic rings. The summed E-state index contributed by atoms with van der Waals surface area (Å²) in [5, 5.41) is 11.8. The van der Waals surface area contributed by atoms with E-state index in [9.17, 15) is 14.4 Å². The largest absolute Gasteiger partial charge is 0.480 e. The molecule has 1 heterocycles. The van der Waals surface area contributed by atoms with Crippen LogP contribution in [0.15, 0.2) is 48.5 Å². The van der Waals surface area contributed by atoms with E-state index in [1.165, 1.54) is 27.8 Å². The number of amides is 2. The minimum absolute atomic E-state index is 0.00351. The Morgan fingerprint density at radius 2 is 1.70 bits per heavy atom. The van der Waals surface area contributed by atoms with Gasteiger partial charge in [-0.2, -0.15) is 0 Å². The predicted octanol–water partition coefficient (Wildman–Crippen LogP) is 2.92. The lowest BCUT2D eigenvalue weighted by atomic mass is 9.98. The number of thioether (sulfide) groups is 1. The van der Waals surface area contributed by atoms with Gasteiger partial charge in [0, 0.05) is 18.2 Å². The number of carbonyl (C=O) groups is 3. The van der Waals surface area contributed by atoms with Gasteiger partial charge in [-0.1, -0.05) is 48.5 Å². The highest BCUT2D eigenvalue weighted by molar-refractivity contribution is 7.99. The number of alkyl carbamates (subject to hydrolysis) is 1. The first-order chi connectivity index (χ1) is 16.1. The van der Waals surface area contributed by atoms with Crippen LogP contribution in [-0.2, 0) is 19.1 Å². The molecule has 33 heavy (non-hydrogen) atoms. The molecule has 2 aromatic carbocycles. The monoisotopic (exact) mass is 470 g/mol. The topological polar surface area (TPSA) is 105 Å². The summed E-state index contributed by atoms with van der Waals surface area (Å²) in [6.45, 7) is 0.892. The van der Waals surface area contributed by atoms with Gasteiger partial charge < -0.3 is 24.8 Å². The highest BCUT2D eigenvalue weighted by Gasteiger charge is 2.34. The van der Waals surface area contributed by atoms with Crippen molar-refractivity contribution in [2.75, 3.05) is 38.0 Å². The quantitative estimate of drug-likeness (QED) is 0.543. The molecule has 9 heteroatoms. The average molecular weight is 471 g/mol. The number of benzene rings is 2. The van der Waals surface area contributed by atoms with Gasteiger partial charge in [-0.25, -0.2) is 9.59 Å². The van der Waals surface area contributed by atoms with Crippen LogP contribution in [0.2, 0.25) is 0 Å². The van der Waals surface area contributed by atoms with E-state index in [1.54, 1.807) is 0 Å². The summed E-state index contributed by atoms with van der Waals surface area (Å²) in [6, 6.07) is 15.5. The molecule has 1 atom stereocenters. The second-order valence-electron chi connectivity index (χ2n) is 7.83. The van der Waals surface area contributed by atoms with Gasteiger partial charge in [-0.15, -0.1) is 11.8 Å². The summed E-state index contributed by atoms with van der Waals surface area (Å²) in [4.78, 5) is 36.8. The maximum absolute atomic E-state index is 12.2. The molecule has 174 valence electrons. The Labute approximate surface area is 196 Å². The molecule has 0 spiro atoms. The number of nitrogens with zero attached hydrogens (tertiary/aromatic N) is 1. The molecular formula is C24H26N2O6S. The van der Waals surface area contributed by atoms with E-state index >= 15 is 0 Å². The number of hydrogen-bond acceptors (Lipinski definition) is 6. The molecule has 0 aromatic heterocycles. The van der Waals surface area contributed by atoms with Crippen molar-refractivity contribution >= 4 is 29.7 Å². The Kier molecular flexibility index (Phi) is 7.51. The fourth-order valence-corrected chi connectivity index (χ4v) is 5.34. The van der Waals surface area contributed by atoms with Crippen LogP contribution in [0.1, 0.15) is 23.5 Å². The van der Waals surface area contributed by atoms with Gasteiger partial charge in [0.2, 0.25) is 5.91 Å². The van der Waals surface area contributed by atoms with E-state index < -0.39 is 18.1 Å². The van der Waals surface area contributed by atoms with Crippen molar-refractivity contribution in [2.24, 2.45) is 0 Å². The number of carboxylic acid groups (broad SMARTS) is 1. The molecule has 2 amide bonds. The molecule has 2 N–H and O–H groups in total. The third-order valence-electron chi connectivity index (χ3n) is 5.81. The number of hydrogen-bond donors (Lipinski definition) is 2. The van der Waals surface area contributed by atoms with Crippen LogP contribution in [0, 0.1) is 0 Å². The molecule has 0 bridgehead atoms. The third kappa shape index (κ3) is 5.31. The number of rotatable bonds is 9. The zero-order valence-corrected chi connectivity index (χ0v) is 18.9. The van der Waals surface area contributed by atoms with Gasteiger partial charge in [0.15, 0.2) is 0 Å². The summed E-state index contributed by atoms with van der Waals surface area (Å²) in [5.41, 5.74) is 4.65. The lowest BCUT2D eigenvalue weighted by Crippen LogP contribution is -2.42. The fraction of sp³-hybridized carbons (Fsp3) is 0.375. The smallest absolute Gasteiger partial charge is 0.407 e. The zero-order chi connectivity index (χ0) is 23.2. The van der Waals surface area contributed by atoms with Gasteiger partial charge >= 0.3 is 12.1 Å². The van der Waals surface area contributed by atoms with Crippen LogP contribution in [0.3, 0.4) is 0 Å². The Balaban J connectivity index is 1.15. The lowest BCUT2D eigenvalue weighted by molar-refractivity contribution is -0.148. The minimum atomic E-state index is -0.985. The van der Waals surface area contributed by atoms with E-state index in [0.29, 0.717) is 11.6 Å². The van der Waals surface area contributed by atoms with Crippen molar-refractivity contribution in [3.8, 4) is 11.1 Å². The third-order valence-corrected chi connectivity index (χ3v) is 6.82. The van der Waals surface area contributed by atoms with Gasteiger partial charge in [0.25, 0.3) is 0 Å². The number of nitrogens with one attached hydrogen (secondary N) is 1. The van der Waals surface area contributed by atoms with Crippen molar-refractivity contribution in [3.05, 3.63) is 59.7 Å². The molecule has 1 aliphatic carbocycles. The van der Waals surface area contributed by atoms with Crippen molar-refractivity contribution in [1.82, 2.24) is 10.2 Å². The highest BCUT2D eigenvalue weighted by Crippen LogP contribution is 2.44. The molecule has 1 fully saturated rings. The molecule has 2 aliphatic rings. The lowest BCUT2D eigenvalue weighted by Gasteiger charge is -2.20.